The number of aromatic hydroxyl groups is 1. The largest absolute Gasteiger partial charge is 0.508 e. The van der Waals surface area contributed by atoms with Crippen molar-refractivity contribution in [1.82, 2.24) is 10.9 Å². The smallest absolute Gasteiger partial charge is 0.247 e. The Balaban J connectivity index is 2.36. The standard InChI is InChI=1S/C12H15N3O4/c1-2-10(17)14-15-12(19)7-11(18)13-8-3-5-9(16)6-4-8/h3-6,16H,2,7H2,1H3,(H,13,18)(H,14,17)(H,15,19). The van der Waals surface area contributed by atoms with Gasteiger partial charge < -0.3 is 10.4 Å². The molecule has 7 heteroatoms. The van der Waals surface area contributed by atoms with E-state index in [1.807, 2.05) is 0 Å². The number of nitrogens with one attached hydrogen (secondary N) is 3. The Bertz CT molecular complexity index is 470. The highest BCUT2D eigenvalue weighted by atomic mass is 16.3. The summed E-state index contributed by atoms with van der Waals surface area (Å²) in [5.74, 6) is -1.39. The van der Waals surface area contributed by atoms with Gasteiger partial charge >= 0.3 is 0 Å². The van der Waals surface area contributed by atoms with Crippen LogP contribution in [0.3, 0.4) is 0 Å². The molecule has 0 heterocycles. The van der Waals surface area contributed by atoms with Crippen LogP contribution in [0.1, 0.15) is 19.8 Å². The highest BCUT2D eigenvalue weighted by molar-refractivity contribution is 6.03. The minimum absolute atomic E-state index is 0.0815. The number of hydrogen-bond donors (Lipinski definition) is 4. The maximum Gasteiger partial charge on any atom is 0.247 e. The van der Waals surface area contributed by atoms with Gasteiger partial charge in [0.15, 0.2) is 0 Å². The third-order valence-electron chi connectivity index (χ3n) is 2.13. The monoisotopic (exact) mass is 265 g/mol. The summed E-state index contributed by atoms with van der Waals surface area (Å²) in [5.41, 5.74) is 4.74. The molecule has 1 aromatic carbocycles. The number of carbonyl (C=O) groups excluding carboxylic acids is 3. The predicted octanol–water partition coefficient (Wildman–Crippen LogP) is 0.278. The molecule has 4 N–H and O–H groups in total. The van der Waals surface area contributed by atoms with E-state index < -0.39 is 18.2 Å². The lowest BCUT2D eigenvalue weighted by Gasteiger charge is -2.07. The minimum Gasteiger partial charge on any atom is -0.508 e. The molecular weight excluding hydrogens is 250 g/mol. The lowest BCUT2D eigenvalue weighted by molar-refractivity contribution is -0.131. The number of phenols is 1. The summed E-state index contributed by atoms with van der Waals surface area (Å²) in [4.78, 5) is 33.6. The number of anilines is 1. The van der Waals surface area contributed by atoms with Gasteiger partial charge in [0.1, 0.15) is 12.2 Å². The topological polar surface area (TPSA) is 108 Å². The molecule has 0 saturated heterocycles. The van der Waals surface area contributed by atoms with E-state index in [9.17, 15) is 14.4 Å². The van der Waals surface area contributed by atoms with Crippen molar-refractivity contribution in [2.45, 2.75) is 19.8 Å². The van der Waals surface area contributed by atoms with Gasteiger partial charge in [-0.05, 0) is 24.3 Å². The van der Waals surface area contributed by atoms with Crippen LogP contribution in [0.25, 0.3) is 0 Å². The zero-order chi connectivity index (χ0) is 14.3. The predicted molar refractivity (Wildman–Crippen MR) is 67.9 cm³/mol. The SMILES string of the molecule is CCC(=O)NNC(=O)CC(=O)Nc1ccc(O)cc1. The molecule has 0 atom stereocenters. The fraction of sp³-hybridized carbons (Fsp3) is 0.250. The Labute approximate surface area is 110 Å². The second-order valence-corrected chi connectivity index (χ2v) is 3.72. The molecule has 0 radical (unpaired) electrons. The van der Waals surface area contributed by atoms with Crippen LogP contribution in [0.4, 0.5) is 5.69 Å². The van der Waals surface area contributed by atoms with Gasteiger partial charge in [0.25, 0.3) is 0 Å². The molecule has 19 heavy (non-hydrogen) atoms. The van der Waals surface area contributed by atoms with Crippen molar-refractivity contribution in [2.75, 3.05) is 5.32 Å². The molecule has 1 aromatic rings. The van der Waals surface area contributed by atoms with Crippen LogP contribution in [0.15, 0.2) is 24.3 Å². The second-order valence-electron chi connectivity index (χ2n) is 3.72. The summed E-state index contributed by atoms with van der Waals surface area (Å²) in [5, 5.41) is 11.5. The minimum atomic E-state index is -0.613. The van der Waals surface area contributed by atoms with E-state index in [-0.39, 0.29) is 18.1 Å². The number of hydrazine groups is 1. The first-order valence-corrected chi connectivity index (χ1v) is 5.68. The molecule has 0 unspecified atom stereocenters. The lowest BCUT2D eigenvalue weighted by atomic mass is 10.3. The molecule has 0 fully saturated rings. The van der Waals surface area contributed by atoms with E-state index in [0.717, 1.165) is 0 Å². The molecule has 0 aliphatic heterocycles. The third kappa shape index (κ3) is 5.53. The number of amides is 3. The van der Waals surface area contributed by atoms with Crippen LogP contribution in [0.2, 0.25) is 0 Å². The van der Waals surface area contributed by atoms with Gasteiger partial charge in [-0.3, -0.25) is 25.2 Å². The van der Waals surface area contributed by atoms with Crippen molar-refractivity contribution >= 4 is 23.4 Å². The first-order valence-electron chi connectivity index (χ1n) is 5.68. The fourth-order valence-corrected chi connectivity index (χ4v) is 1.17. The van der Waals surface area contributed by atoms with Crippen molar-refractivity contribution in [2.24, 2.45) is 0 Å². The average molecular weight is 265 g/mol. The van der Waals surface area contributed by atoms with Crippen LogP contribution in [0.5, 0.6) is 5.75 Å². The van der Waals surface area contributed by atoms with E-state index in [2.05, 4.69) is 16.2 Å². The first-order chi connectivity index (χ1) is 9.01. The van der Waals surface area contributed by atoms with Gasteiger partial charge in [0.05, 0.1) is 0 Å². The average Bonchev–Trinajstić information content (AvgIpc) is 2.38. The number of carbonyl (C=O) groups is 3. The van der Waals surface area contributed by atoms with Crippen molar-refractivity contribution in [1.29, 1.82) is 0 Å². The summed E-state index contributed by atoms with van der Waals surface area (Å²) in [7, 11) is 0. The molecule has 1 rings (SSSR count). The summed E-state index contributed by atoms with van der Waals surface area (Å²) in [6.07, 6.45) is -0.176. The van der Waals surface area contributed by atoms with Crippen LogP contribution < -0.4 is 16.2 Å². The summed E-state index contributed by atoms with van der Waals surface area (Å²) >= 11 is 0. The normalized spacial score (nSPS) is 9.53. The van der Waals surface area contributed by atoms with Crippen molar-refractivity contribution in [3.8, 4) is 5.75 Å². The molecule has 102 valence electrons. The van der Waals surface area contributed by atoms with E-state index in [4.69, 9.17) is 5.11 Å². The van der Waals surface area contributed by atoms with Gasteiger partial charge in [-0.1, -0.05) is 6.92 Å². The quantitative estimate of drug-likeness (QED) is 0.356. The Morgan fingerprint density at radius 2 is 1.58 bits per heavy atom. The zero-order valence-electron chi connectivity index (χ0n) is 10.4. The van der Waals surface area contributed by atoms with Gasteiger partial charge in [-0.2, -0.15) is 0 Å². The molecular formula is C12H15N3O4. The van der Waals surface area contributed by atoms with Gasteiger partial charge in [0.2, 0.25) is 17.7 Å². The lowest BCUT2D eigenvalue weighted by Crippen LogP contribution is -2.42. The Kier molecular flexibility index (Phi) is 5.34. The first kappa shape index (κ1) is 14.5. The molecule has 3 amide bonds. The summed E-state index contributed by atoms with van der Waals surface area (Å²) < 4.78 is 0. The Morgan fingerprint density at radius 3 is 2.16 bits per heavy atom. The number of rotatable bonds is 4. The van der Waals surface area contributed by atoms with Crippen molar-refractivity contribution in [3.05, 3.63) is 24.3 Å². The van der Waals surface area contributed by atoms with Crippen molar-refractivity contribution in [3.63, 3.8) is 0 Å². The molecule has 0 aliphatic carbocycles. The molecule has 7 nitrogen and oxygen atoms in total. The zero-order valence-corrected chi connectivity index (χ0v) is 10.4. The van der Waals surface area contributed by atoms with Crippen LogP contribution in [0, 0.1) is 0 Å². The van der Waals surface area contributed by atoms with Gasteiger partial charge in [-0.15, -0.1) is 0 Å². The highest BCUT2D eigenvalue weighted by Gasteiger charge is 2.10. The molecule has 0 aromatic heterocycles. The van der Waals surface area contributed by atoms with E-state index in [1.54, 1.807) is 6.92 Å². The van der Waals surface area contributed by atoms with Crippen molar-refractivity contribution < 1.29 is 19.5 Å². The number of benzene rings is 1. The summed E-state index contributed by atoms with van der Waals surface area (Å²) in [6, 6.07) is 5.84. The van der Waals surface area contributed by atoms with Crippen LogP contribution in [-0.4, -0.2) is 22.8 Å². The maximum absolute atomic E-state index is 11.5. The third-order valence-corrected chi connectivity index (χ3v) is 2.13. The Hall–Kier alpha value is -2.57. The number of hydrogen-bond acceptors (Lipinski definition) is 4. The van der Waals surface area contributed by atoms with E-state index in [1.165, 1.54) is 24.3 Å². The van der Waals surface area contributed by atoms with Crippen LogP contribution >= 0.6 is 0 Å². The van der Waals surface area contributed by atoms with E-state index in [0.29, 0.717) is 5.69 Å². The number of phenolic OH excluding ortho intramolecular Hbond substituents is 1. The fourth-order valence-electron chi connectivity index (χ4n) is 1.17. The second kappa shape index (κ2) is 7.00. The van der Waals surface area contributed by atoms with E-state index >= 15 is 0 Å². The Morgan fingerprint density at radius 1 is 1.00 bits per heavy atom. The highest BCUT2D eigenvalue weighted by Crippen LogP contribution is 2.13. The molecule has 0 saturated carbocycles. The maximum atomic E-state index is 11.5. The van der Waals surface area contributed by atoms with Crippen LogP contribution in [-0.2, 0) is 14.4 Å². The molecule has 0 spiro atoms. The molecule has 0 aliphatic rings. The summed E-state index contributed by atoms with van der Waals surface area (Å²) in [6.45, 7) is 1.64. The van der Waals surface area contributed by atoms with Gasteiger partial charge in [-0.25, -0.2) is 0 Å². The van der Waals surface area contributed by atoms with Gasteiger partial charge in [0, 0.05) is 12.1 Å². The molecule has 0 bridgehead atoms.